The van der Waals surface area contributed by atoms with Crippen molar-refractivity contribution in [3.05, 3.63) is 30.3 Å². The lowest BCUT2D eigenvalue weighted by Gasteiger charge is -2.38. The first-order chi connectivity index (χ1) is 12.2. The Balaban J connectivity index is 1.46. The summed E-state index contributed by atoms with van der Waals surface area (Å²) in [5, 5.41) is 6.91. The van der Waals surface area contributed by atoms with Crippen LogP contribution in [-0.4, -0.2) is 62.2 Å². The van der Waals surface area contributed by atoms with E-state index >= 15 is 0 Å². The number of aliphatic imine (C=N–C) groups is 1. The van der Waals surface area contributed by atoms with Crippen molar-refractivity contribution in [2.24, 2.45) is 10.9 Å². The predicted molar refractivity (Wildman–Crippen MR) is 106 cm³/mol. The van der Waals surface area contributed by atoms with Crippen LogP contribution >= 0.6 is 0 Å². The van der Waals surface area contributed by atoms with E-state index in [9.17, 15) is 0 Å². The van der Waals surface area contributed by atoms with Gasteiger partial charge in [-0.15, -0.1) is 0 Å². The number of para-hydroxylation sites is 1. The van der Waals surface area contributed by atoms with Crippen LogP contribution in [0.2, 0.25) is 0 Å². The molecule has 5 heteroatoms. The Labute approximate surface area is 152 Å². The molecule has 0 bridgehead atoms. The highest BCUT2D eigenvalue weighted by Crippen LogP contribution is 2.28. The third kappa shape index (κ3) is 5.11. The van der Waals surface area contributed by atoms with Gasteiger partial charge in [0.05, 0.1) is 6.54 Å². The van der Waals surface area contributed by atoms with Crippen LogP contribution in [0, 0.1) is 5.92 Å². The Bertz CT molecular complexity index is 550. The third-order valence-electron chi connectivity index (χ3n) is 5.35. The largest absolute Gasteiger partial charge is 0.369 e. The molecule has 1 heterocycles. The van der Waals surface area contributed by atoms with E-state index in [0.717, 1.165) is 51.1 Å². The molecule has 3 unspecified atom stereocenters. The first-order valence-electron chi connectivity index (χ1n) is 9.76. The highest BCUT2D eigenvalue weighted by atomic mass is 15.3. The molecular formula is C20H33N5. The number of piperazine rings is 1. The molecule has 1 aromatic carbocycles. The highest BCUT2D eigenvalue weighted by molar-refractivity contribution is 5.80. The summed E-state index contributed by atoms with van der Waals surface area (Å²) in [6, 6.07) is 11.8. The third-order valence-corrected chi connectivity index (χ3v) is 5.35. The maximum absolute atomic E-state index is 4.82. The average Bonchev–Trinajstić information content (AvgIpc) is 3.35. The maximum atomic E-state index is 4.82. The summed E-state index contributed by atoms with van der Waals surface area (Å²) in [5.41, 5.74) is 1.34. The standard InChI is InChI=1S/C20H33N5/c1-4-21-20(23-19-14-16(19)2)22-15-17(3)24-10-12-25(13-11-24)18-8-6-5-7-9-18/h5-9,16-17,19H,4,10-15H2,1-3H3,(H2,21,22,23). The van der Waals surface area contributed by atoms with Crippen molar-refractivity contribution in [1.82, 2.24) is 15.5 Å². The summed E-state index contributed by atoms with van der Waals surface area (Å²) in [6.45, 7) is 12.9. The van der Waals surface area contributed by atoms with Gasteiger partial charge in [-0.2, -0.15) is 0 Å². The van der Waals surface area contributed by atoms with Crippen LogP contribution in [-0.2, 0) is 0 Å². The van der Waals surface area contributed by atoms with E-state index < -0.39 is 0 Å². The molecule has 138 valence electrons. The SMILES string of the molecule is CCNC(=NCC(C)N1CCN(c2ccccc2)CC1)NC1CC1C. The second-order valence-electron chi connectivity index (χ2n) is 7.39. The fourth-order valence-corrected chi connectivity index (χ4v) is 3.42. The molecule has 0 radical (unpaired) electrons. The number of nitrogens with one attached hydrogen (secondary N) is 2. The van der Waals surface area contributed by atoms with Gasteiger partial charge in [0, 0.05) is 50.5 Å². The molecule has 0 aromatic heterocycles. The van der Waals surface area contributed by atoms with Gasteiger partial charge in [-0.3, -0.25) is 9.89 Å². The summed E-state index contributed by atoms with van der Waals surface area (Å²) >= 11 is 0. The van der Waals surface area contributed by atoms with Crippen LogP contribution in [0.15, 0.2) is 35.3 Å². The molecule has 25 heavy (non-hydrogen) atoms. The molecule has 1 aromatic rings. The molecule has 0 spiro atoms. The van der Waals surface area contributed by atoms with Crippen LogP contribution in [0.1, 0.15) is 27.2 Å². The number of benzene rings is 1. The fraction of sp³-hybridized carbons (Fsp3) is 0.650. The molecule has 2 N–H and O–H groups in total. The molecule has 3 atom stereocenters. The van der Waals surface area contributed by atoms with Gasteiger partial charge >= 0.3 is 0 Å². The van der Waals surface area contributed by atoms with Crippen molar-refractivity contribution in [2.75, 3.05) is 44.2 Å². The number of rotatable bonds is 6. The van der Waals surface area contributed by atoms with E-state index in [2.05, 4.69) is 71.5 Å². The molecule has 3 rings (SSSR count). The fourth-order valence-electron chi connectivity index (χ4n) is 3.42. The van der Waals surface area contributed by atoms with E-state index in [1.807, 2.05) is 0 Å². The molecule has 2 aliphatic rings. The molecule has 1 saturated carbocycles. The van der Waals surface area contributed by atoms with Crippen LogP contribution < -0.4 is 15.5 Å². The van der Waals surface area contributed by atoms with Crippen molar-refractivity contribution in [3.63, 3.8) is 0 Å². The molecule has 2 fully saturated rings. The van der Waals surface area contributed by atoms with E-state index in [0.29, 0.717) is 12.1 Å². The van der Waals surface area contributed by atoms with E-state index in [-0.39, 0.29) is 0 Å². The normalized spacial score (nSPS) is 25.6. The summed E-state index contributed by atoms with van der Waals surface area (Å²) in [6.07, 6.45) is 1.27. The molecule has 0 amide bonds. The second kappa shape index (κ2) is 8.56. The van der Waals surface area contributed by atoms with Crippen LogP contribution in [0.4, 0.5) is 5.69 Å². The Hall–Kier alpha value is -1.75. The first-order valence-corrected chi connectivity index (χ1v) is 9.76. The van der Waals surface area contributed by atoms with E-state index in [1.165, 1.54) is 12.1 Å². The zero-order valence-electron chi connectivity index (χ0n) is 15.9. The summed E-state index contributed by atoms with van der Waals surface area (Å²) in [5.74, 6) is 1.76. The quantitative estimate of drug-likeness (QED) is 0.614. The van der Waals surface area contributed by atoms with Gasteiger partial charge in [0.15, 0.2) is 5.96 Å². The van der Waals surface area contributed by atoms with Gasteiger partial charge in [0.25, 0.3) is 0 Å². The molecular weight excluding hydrogens is 310 g/mol. The lowest BCUT2D eigenvalue weighted by molar-refractivity contribution is 0.201. The van der Waals surface area contributed by atoms with Crippen molar-refractivity contribution in [2.45, 2.75) is 39.3 Å². The monoisotopic (exact) mass is 343 g/mol. The minimum Gasteiger partial charge on any atom is -0.369 e. The van der Waals surface area contributed by atoms with Crippen molar-refractivity contribution < 1.29 is 0 Å². The molecule has 1 saturated heterocycles. The summed E-state index contributed by atoms with van der Waals surface area (Å²) in [4.78, 5) is 9.86. The van der Waals surface area contributed by atoms with Crippen molar-refractivity contribution >= 4 is 11.6 Å². The Kier molecular flexibility index (Phi) is 6.19. The minimum absolute atomic E-state index is 0.477. The number of hydrogen-bond acceptors (Lipinski definition) is 3. The average molecular weight is 344 g/mol. The first kappa shape index (κ1) is 18.1. The number of guanidine groups is 1. The van der Waals surface area contributed by atoms with Gasteiger partial charge < -0.3 is 15.5 Å². The van der Waals surface area contributed by atoms with Crippen LogP contribution in [0.5, 0.6) is 0 Å². The summed E-state index contributed by atoms with van der Waals surface area (Å²) in [7, 11) is 0. The topological polar surface area (TPSA) is 42.9 Å². The maximum Gasteiger partial charge on any atom is 0.191 e. The number of nitrogens with zero attached hydrogens (tertiary/aromatic N) is 3. The van der Waals surface area contributed by atoms with Gasteiger partial charge in [-0.05, 0) is 38.3 Å². The van der Waals surface area contributed by atoms with E-state index in [1.54, 1.807) is 0 Å². The number of hydrogen-bond donors (Lipinski definition) is 2. The van der Waals surface area contributed by atoms with Crippen LogP contribution in [0.25, 0.3) is 0 Å². The van der Waals surface area contributed by atoms with Gasteiger partial charge in [-0.1, -0.05) is 25.1 Å². The second-order valence-corrected chi connectivity index (χ2v) is 7.39. The zero-order chi connectivity index (χ0) is 17.6. The lowest BCUT2D eigenvalue weighted by atomic mass is 10.2. The van der Waals surface area contributed by atoms with Gasteiger partial charge in [-0.25, -0.2) is 0 Å². The lowest BCUT2D eigenvalue weighted by Crippen LogP contribution is -2.50. The Morgan fingerprint density at radius 3 is 2.48 bits per heavy atom. The number of anilines is 1. The van der Waals surface area contributed by atoms with E-state index in [4.69, 9.17) is 4.99 Å². The van der Waals surface area contributed by atoms with Crippen LogP contribution in [0.3, 0.4) is 0 Å². The predicted octanol–water partition coefficient (Wildman–Crippen LogP) is 2.16. The van der Waals surface area contributed by atoms with Gasteiger partial charge in [0.2, 0.25) is 0 Å². The van der Waals surface area contributed by atoms with Gasteiger partial charge in [0.1, 0.15) is 0 Å². The smallest absolute Gasteiger partial charge is 0.191 e. The van der Waals surface area contributed by atoms with Crippen molar-refractivity contribution in [1.29, 1.82) is 0 Å². The molecule has 1 aliphatic heterocycles. The Morgan fingerprint density at radius 2 is 1.88 bits per heavy atom. The molecule has 5 nitrogen and oxygen atoms in total. The minimum atomic E-state index is 0.477. The Morgan fingerprint density at radius 1 is 1.20 bits per heavy atom. The summed E-state index contributed by atoms with van der Waals surface area (Å²) < 4.78 is 0. The van der Waals surface area contributed by atoms with Crippen molar-refractivity contribution in [3.8, 4) is 0 Å². The molecule has 1 aliphatic carbocycles. The highest BCUT2D eigenvalue weighted by Gasteiger charge is 2.33. The zero-order valence-corrected chi connectivity index (χ0v) is 15.9.